The molecule has 0 aliphatic carbocycles. The maximum Gasteiger partial charge on any atom is 0.164 e. The van der Waals surface area contributed by atoms with Gasteiger partial charge in [-0.25, -0.2) is 15.0 Å². The molecule has 0 amide bonds. The third kappa shape index (κ3) is 4.86. The fourth-order valence-electron chi connectivity index (χ4n) is 7.67. The van der Waals surface area contributed by atoms with Crippen LogP contribution in [0.2, 0.25) is 0 Å². The molecule has 0 fully saturated rings. The van der Waals surface area contributed by atoms with E-state index in [1.54, 1.807) is 0 Å². The van der Waals surface area contributed by atoms with Crippen molar-refractivity contribution in [3.8, 4) is 45.3 Å². The Hall–Kier alpha value is -7.24. The standard InChI is InChI=1S/C48H28N4O/c1-3-12-31-24-35(22-20-29(31)10-1)46-50-47(36-23-21-30-11-2-4-13-32(30)25-36)52-48(51-46)41-27-34-15-6-5-14-33(34)26-40(41)39-18-9-19-42-43(39)44-45(53-42)38-17-8-7-16-37(38)28-49-44/h1-28H. The molecule has 0 aliphatic heterocycles. The second kappa shape index (κ2) is 11.7. The largest absolute Gasteiger partial charge is 0.454 e. The van der Waals surface area contributed by atoms with Crippen molar-refractivity contribution in [3.05, 3.63) is 170 Å². The first-order valence-electron chi connectivity index (χ1n) is 17.7. The van der Waals surface area contributed by atoms with Crippen molar-refractivity contribution in [1.82, 2.24) is 19.9 Å². The summed E-state index contributed by atoms with van der Waals surface area (Å²) in [5.41, 5.74) is 7.15. The Morgan fingerprint density at radius 2 is 0.906 bits per heavy atom. The molecule has 0 aliphatic rings. The summed E-state index contributed by atoms with van der Waals surface area (Å²) >= 11 is 0. The van der Waals surface area contributed by atoms with E-state index in [9.17, 15) is 0 Å². The summed E-state index contributed by atoms with van der Waals surface area (Å²) in [4.78, 5) is 20.7. The molecule has 0 N–H and O–H groups in total. The highest BCUT2D eigenvalue weighted by Crippen LogP contribution is 2.43. The zero-order valence-electron chi connectivity index (χ0n) is 28.4. The van der Waals surface area contributed by atoms with Gasteiger partial charge in [-0.2, -0.15) is 0 Å². The van der Waals surface area contributed by atoms with E-state index in [1.165, 1.54) is 10.8 Å². The van der Waals surface area contributed by atoms with E-state index < -0.39 is 0 Å². The van der Waals surface area contributed by atoms with Gasteiger partial charge < -0.3 is 4.42 Å². The van der Waals surface area contributed by atoms with Crippen molar-refractivity contribution in [2.75, 3.05) is 0 Å². The maximum atomic E-state index is 6.58. The highest BCUT2D eigenvalue weighted by atomic mass is 16.3. The number of hydrogen-bond acceptors (Lipinski definition) is 5. The van der Waals surface area contributed by atoms with Crippen molar-refractivity contribution >= 4 is 65.2 Å². The Balaban J connectivity index is 1.20. The van der Waals surface area contributed by atoms with Crippen LogP contribution in [0.15, 0.2) is 174 Å². The smallest absolute Gasteiger partial charge is 0.164 e. The van der Waals surface area contributed by atoms with Crippen molar-refractivity contribution in [2.24, 2.45) is 0 Å². The third-order valence-electron chi connectivity index (χ3n) is 10.3. The third-order valence-corrected chi connectivity index (χ3v) is 10.3. The van der Waals surface area contributed by atoms with Crippen LogP contribution in [0.5, 0.6) is 0 Å². The summed E-state index contributed by atoms with van der Waals surface area (Å²) in [7, 11) is 0. The van der Waals surface area contributed by atoms with Crippen LogP contribution in [-0.4, -0.2) is 19.9 Å². The number of pyridine rings is 1. The minimum atomic E-state index is 0.593. The maximum absolute atomic E-state index is 6.58. The van der Waals surface area contributed by atoms with Crippen molar-refractivity contribution < 1.29 is 4.42 Å². The van der Waals surface area contributed by atoms with Gasteiger partial charge in [0.05, 0.1) is 5.39 Å². The van der Waals surface area contributed by atoms with Gasteiger partial charge in [-0.15, -0.1) is 0 Å². The topological polar surface area (TPSA) is 64.7 Å². The minimum Gasteiger partial charge on any atom is -0.454 e. The molecule has 5 heteroatoms. The minimum absolute atomic E-state index is 0.593. The highest BCUT2D eigenvalue weighted by molar-refractivity contribution is 6.18. The van der Waals surface area contributed by atoms with Crippen molar-refractivity contribution in [1.29, 1.82) is 0 Å². The summed E-state index contributed by atoms with van der Waals surface area (Å²) in [6, 6.07) is 56.9. The lowest BCUT2D eigenvalue weighted by atomic mass is 9.92. The Labute approximate surface area is 303 Å². The molecule has 0 radical (unpaired) electrons. The van der Waals surface area contributed by atoms with Crippen molar-refractivity contribution in [3.63, 3.8) is 0 Å². The lowest BCUT2D eigenvalue weighted by Gasteiger charge is -2.15. The average molecular weight is 677 g/mol. The van der Waals surface area contributed by atoms with Gasteiger partial charge in [0.1, 0.15) is 11.1 Å². The molecule has 0 spiro atoms. The van der Waals surface area contributed by atoms with E-state index in [0.29, 0.717) is 17.5 Å². The van der Waals surface area contributed by atoms with Crippen LogP contribution in [-0.2, 0) is 0 Å². The van der Waals surface area contributed by atoms with E-state index in [-0.39, 0.29) is 0 Å². The molecular weight excluding hydrogens is 649 g/mol. The number of aromatic nitrogens is 4. The molecule has 3 aromatic heterocycles. The molecule has 11 rings (SSSR count). The number of nitrogens with zero attached hydrogens (tertiary/aromatic N) is 4. The molecule has 3 heterocycles. The molecule has 53 heavy (non-hydrogen) atoms. The molecule has 0 saturated heterocycles. The fraction of sp³-hybridized carbons (Fsp3) is 0. The van der Waals surface area contributed by atoms with Gasteiger partial charge in [0.25, 0.3) is 0 Å². The second-order valence-corrected chi connectivity index (χ2v) is 13.5. The zero-order valence-corrected chi connectivity index (χ0v) is 28.4. The monoisotopic (exact) mass is 676 g/mol. The quantitative estimate of drug-likeness (QED) is 0.186. The molecule has 0 unspecified atom stereocenters. The Morgan fingerprint density at radius 3 is 1.55 bits per heavy atom. The molecule has 0 atom stereocenters. The van der Waals surface area contributed by atoms with Crippen LogP contribution in [0, 0.1) is 0 Å². The van der Waals surface area contributed by atoms with E-state index >= 15 is 0 Å². The molecule has 11 aromatic rings. The predicted molar refractivity (Wildman–Crippen MR) is 217 cm³/mol. The number of benzene rings is 8. The summed E-state index contributed by atoms with van der Waals surface area (Å²) in [6.45, 7) is 0. The normalized spacial score (nSPS) is 11.8. The second-order valence-electron chi connectivity index (χ2n) is 13.5. The van der Waals surface area contributed by atoms with Crippen molar-refractivity contribution in [2.45, 2.75) is 0 Å². The zero-order chi connectivity index (χ0) is 34.9. The molecule has 0 saturated carbocycles. The van der Waals surface area contributed by atoms with Crippen LogP contribution in [0.1, 0.15) is 0 Å². The fourth-order valence-corrected chi connectivity index (χ4v) is 7.67. The van der Waals surface area contributed by atoms with Crippen LogP contribution in [0.3, 0.4) is 0 Å². The predicted octanol–water partition coefficient (Wildman–Crippen LogP) is 12.4. The lowest BCUT2D eigenvalue weighted by molar-refractivity contribution is 0.672. The highest BCUT2D eigenvalue weighted by Gasteiger charge is 2.21. The van der Waals surface area contributed by atoms with Gasteiger partial charge in [-0.3, -0.25) is 4.98 Å². The van der Waals surface area contributed by atoms with Gasteiger partial charge >= 0.3 is 0 Å². The van der Waals surface area contributed by atoms with E-state index in [1.807, 2.05) is 24.4 Å². The Morgan fingerprint density at radius 1 is 0.377 bits per heavy atom. The van der Waals surface area contributed by atoms with Gasteiger partial charge in [0.2, 0.25) is 0 Å². The Kier molecular flexibility index (Phi) is 6.48. The lowest BCUT2D eigenvalue weighted by Crippen LogP contribution is -2.01. The van der Waals surface area contributed by atoms with Gasteiger partial charge in [0, 0.05) is 33.7 Å². The SMILES string of the molecule is c1ccc2cc(-c3nc(-c4ccc5ccccc5c4)nc(-c4cc5ccccc5cc4-c4cccc5oc6c7ccccc7cnc6c45)n3)ccc2c1. The van der Waals surface area contributed by atoms with E-state index in [0.717, 1.165) is 82.2 Å². The summed E-state index contributed by atoms with van der Waals surface area (Å²) < 4.78 is 6.58. The summed E-state index contributed by atoms with van der Waals surface area (Å²) in [6.07, 6.45) is 1.93. The Bertz CT molecular complexity index is 3160. The van der Waals surface area contributed by atoms with Crippen LogP contribution >= 0.6 is 0 Å². The molecule has 8 aromatic carbocycles. The number of rotatable bonds is 4. The first kappa shape index (κ1) is 29.5. The summed E-state index contributed by atoms with van der Waals surface area (Å²) in [5, 5.41) is 9.84. The number of fused-ring (bicyclic) bond motifs is 8. The summed E-state index contributed by atoms with van der Waals surface area (Å²) in [5.74, 6) is 1.82. The van der Waals surface area contributed by atoms with Crippen LogP contribution in [0.4, 0.5) is 0 Å². The van der Waals surface area contributed by atoms with Gasteiger partial charge in [-0.1, -0.05) is 133 Å². The van der Waals surface area contributed by atoms with E-state index in [4.69, 9.17) is 24.4 Å². The number of furan rings is 1. The van der Waals surface area contributed by atoms with Crippen LogP contribution in [0.25, 0.3) is 110 Å². The molecule has 0 bridgehead atoms. The van der Waals surface area contributed by atoms with Crippen LogP contribution < -0.4 is 0 Å². The van der Waals surface area contributed by atoms with Gasteiger partial charge in [0.15, 0.2) is 23.1 Å². The molecular formula is C48H28N4O. The first-order chi connectivity index (χ1) is 26.2. The van der Waals surface area contributed by atoms with E-state index in [2.05, 4.69) is 146 Å². The molecule has 5 nitrogen and oxygen atoms in total. The number of hydrogen-bond donors (Lipinski definition) is 0. The average Bonchev–Trinajstić information content (AvgIpc) is 3.62. The molecule has 246 valence electrons. The van der Waals surface area contributed by atoms with Gasteiger partial charge in [-0.05, 0) is 73.8 Å². The first-order valence-corrected chi connectivity index (χ1v) is 17.7.